The van der Waals surface area contributed by atoms with Crippen molar-refractivity contribution in [3.05, 3.63) is 75.7 Å². The first kappa shape index (κ1) is 23.0. The fourth-order valence-electron chi connectivity index (χ4n) is 3.60. The van der Waals surface area contributed by atoms with Crippen LogP contribution < -0.4 is 15.0 Å². The molecule has 0 atom stereocenters. The fourth-order valence-corrected chi connectivity index (χ4v) is 4.31. The van der Waals surface area contributed by atoms with Crippen LogP contribution in [0.2, 0.25) is 0 Å². The number of thiazole rings is 1. The van der Waals surface area contributed by atoms with Gasteiger partial charge in [0.1, 0.15) is 5.75 Å². The molecule has 1 aliphatic carbocycles. The topological polar surface area (TPSA) is 73.1 Å². The van der Waals surface area contributed by atoms with Gasteiger partial charge in [-0.25, -0.2) is 4.98 Å². The molecule has 0 saturated heterocycles. The maximum atomic E-state index is 13.3. The number of phenolic OH excluding ortho intramolecular Hbond substituents is 1. The van der Waals surface area contributed by atoms with Crippen molar-refractivity contribution in [1.82, 2.24) is 9.38 Å². The van der Waals surface area contributed by atoms with Crippen LogP contribution in [-0.4, -0.2) is 27.5 Å². The molecule has 1 fully saturated rings. The second-order valence-electron chi connectivity index (χ2n) is 8.09. The van der Waals surface area contributed by atoms with E-state index in [9.17, 15) is 23.1 Å². The lowest BCUT2D eigenvalue weighted by atomic mass is 10.0. The predicted molar refractivity (Wildman–Crippen MR) is 127 cm³/mol. The highest BCUT2D eigenvalue weighted by Crippen LogP contribution is 2.35. The minimum absolute atomic E-state index is 0.00927. The van der Waals surface area contributed by atoms with E-state index >= 15 is 0 Å². The molecule has 35 heavy (non-hydrogen) atoms. The summed E-state index contributed by atoms with van der Waals surface area (Å²) >= 11 is 1.28. The first-order valence-electron chi connectivity index (χ1n) is 10.8. The van der Waals surface area contributed by atoms with Crippen molar-refractivity contribution in [2.75, 3.05) is 6.61 Å². The summed E-state index contributed by atoms with van der Waals surface area (Å²) in [4.78, 5) is 18.3. The van der Waals surface area contributed by atoms with E-state index in [0.29, 0.717) is 40.1 Å². The lowest BCUT2D eigenvalue weighted by molar-refractivity contribution is -0.274. The lowest BCUT2D eigenvalue weighted by Crippen LogP contribution is -2.18. The molecule has 0 unspecified atom stereocenters. The first-order chi connectivity index (χ1) is 16.8. The van der Waals surface area contributed by atoms with Crippen LogP contribution in [0.5, 0.6) is 17.2 Å². The van der Waals surface area contributed by atoms with Crippen molar-refractivity contribution >= 4 is 28.4 Å². The quantitative estimate of drug-likeness (QED) is 0.338. The number of hydrogen-bond acceptors (Lipinski definition) is 6. The normalized spacial score (nSPS) is 14.0. The average Bonchev–Trinajstić information content (AvgIpc) is 3.51. The smallest absolute Gasteiger partial charge is 0.504 e. The SMILES string of the molecule is O=c1c(-c2ccc(OC(F)(F)F)cc2)c(C=Cc2cccc(O)c2OCC2CC2)nc2sccn12. The van der Waals surface area contributed by atoms with Gasteiger partial charge in [0.25, 0.3) is 5.56 Å². The van der Waals surface area contributed by atoms with Crippen LogP contribution in [0, 0.1) is 5.92 Å². The zero-order chi connectivity index (χ0) is 24.6. The third-order valence-corrected chi connectivity index (χ3v) is 6.23. The van der Waals surface area contributed by atoms with Crippen LogP contribution in [0.3, 0.4) is 0 Å². The van der Waals surface area contributed by atoms with Gasteiger partial charge in [0, 0.05) is 17.1 Å². The van der Waals surface area contributed by atoms with Gasteiger partial charge in [0.15, 0.2) is 16.5 Å². The zero-order valence-corrected chi connectivity index (χ0v) is 19.0. The summed E-state index contributed by atoms with van der Waals surface area (Å²) in [5.74, 6) is 0.459. The molecule has 0 spiro atoms. The maximum absolute atomic E-state index is 13.3. The molecule has 1 saturated carbocycles. The summed E-state index contributed by atoms with van der Waals surface area (Å²) in [5.41, 5.74) is 1.19. The van der Waals surface area contributed by atoms with E-state index in [4.69, 9.17) is 4.74 Å². The number of para-hydroxylation sites is 1. The van der Waals surface area contributed by atoms with Crippen molar-refractivity contribution in [2.24, 2.45) is 5.92 Å². The Hall–Kier alpha value is -3.79. The standard InChI is InChI=1S/C25H19F3N2O4S/c26-25(27,28)34-18-9-6-16(7-10-18)21-19(29-24-30(23(21)32)12-13-35-24)11-8-17-2-1-3-20(31)22(17)33-14-15-4-5-15/h1-3,6-13,15,31H,4-5,14H2. The van der Waals surface area contributed by atoms with Crippen LogP contribution in [0.1, 0.15) is 24.1 Å². The summed E-state index contributed by atoms with van der Waals surface area (Å²) in [6.45, 7) is 0.511. The van der Waals surface area contributed by atoms with Gasteiger partial charge in [-0.2, -0.15) is 0 Å². The molecule has 4 aromatic rings. The number of phenols is 1. The van der Waals surface area contributed by atoms with Crippen LogP contribution >= 0.6 is 11.3 Å². The highest BCUT2D eigenvalue weighted by atomic mass is 32.1. The summed E-state index contributed by atoms with van der Waals surface area (Å²) in [5, 5.41) is 12.0. The number of benzene rings is 2. The van der Waals surface area contributed by atoms with E-state index in [1.165, 1.54) is 33.9 Å². The van der Waals surface area contributed by atoms with Crippen molar-refractivity contribution in [3.63, 3.8) is 0 Å². The fraction of sp³-hybridized carbons (Fsp3) is 0.200. The Morgan fingerprint density at radius 2 is 1.91 bits per heavy atom. The van der Waals surface area contributed by atoms with Crippen molar-refractivity contribution in [3.8, 4) is 28.4 Å². The number of aromatic hydroxyl groups is 1. The number of nitrogens with zero attached hydrogens (tertiary/aromatic N) is 2. The van der Waals surface area contributed by atoms with E-state index < -0.39 is 6.36 Å². The second kappa shape index (κ2) is 9.10. The number of ether oxygens (including phenoxy) is 2. The molecule has 0 radical (unpaired) electrons. The largest absolute Gasteiger partial charge is 0.573 e. The van der Waals surface area contributed by atoms with E-state index in [0.717, 1.165) is 25.0 Å². The Morgan fingerprint density at radius 1 is 1.14 bits per heavy atom. The Balaban J connectivity index is 1.55. The van der Waals surface area contributed by atoms with Gasteiger partial charge < -0.3 is 14.6 Å². The number of aromatic nitrogens is 2. The molecule has 1 aliphatic rings. The number of alkyl halides is 3. The molecule has 2 heterocycles. The molecule has 0 bridgehead atoms. The Bertz CT molecular complexity index is 1450. The van der Waals surface area contributed by atoms with Crippen LogP contribution in [0.25, 0.3) is 28.2 Å². The molecule has 180 valence electrons. The highest BCUT2D eigenvalue weighted by molar-refractivity contribution is 7.15. The van der Waals surface area contributed by atoms with Gasteiger partial charge in [0.2, 0.25) is 0 Å². The number of hydrogen-bond donors (Lipinski definition) is 1. The van der Waals surface area contributed by atoms with E-state index in [1.807, 2.05) is 0 Å². The summed E-state index contributed by atoms with van der Waals surface area (Å²) in [7, 11) is 0. The Kier molecular flexibility index (Phi) is 5.98. The van der Waals surface area contributed by atoms with Gasteiger partial charge in [0.05, 0.1) is 17.9 Å². The van der Waals surface area contributed by atoms with Crippen molar-refractivity contribution in [1.29, 1.82) is 0 Å². The summed E-state index contributed by atoms with van der Waals surface area (Å²) < 4.78 is 48.8. The van der Waals surface area contributed by atoms with E-state index in [2.05, 4.69) is 9.72 Å². The minimum Gasteiger partial charge on any atom is -0.504 e. The Morgan fingerprint density at radius 3 is 2.63 bits per heavy atom. The molecule has 0 amide bonds. The molecule has 1 N–H and O–H groups in total. The molecule has 10 heteroatoms. The average molecular weight is 500 g/mol. The van der Waals surface area contributed by atoms with Crippen molar-refractivity contribution < 1.29 is 27.8 Å². The minimum atomic E-state index is -4.81. The zero-order valence-electron chi connectivity index (χ0n) is 18.2. The second-order valence-corrected chi connectivity index (χ2v) is 8.96. The summed E-state index contributed by atoms with van der Waals surface area (Å²) in [6.07, 6.45) is 2.31. The molecule has 5 rings (SSSR count). The third-order valence-electron chi connectivity index (χ3n) is 5.48. The molecule has 0 aliphatic heterocycles. The molecule has 2 aromatic carbocycles. The molecular weight excluding hydrogens is 481 g/mol. The number of rotatable bonds is 7. The van der Waals surface area contributed by atoms with E-state index in [-0.39, 0.29) is 22.6 Å². The van der Waals surface area contributed by atoms with Crippen LogP contribution in [0.4, 0.5) is 13.2 Å². The Labute approximate surface area is 201 Å². The van der Waals surface area contributed by atoms with Crippen LogP contribution in [0.15, 0.2) is 58.8 Å². The first-order valence-corrected chi connectivity index (χ1v) is 11.7. The lowest BCUT2D eigenvalue weighted by Gasteiger charge is -2.11. The molecule has 6 nitrogen and oxygen atoms in total. The van der Waals surface area contributed by atoms with E-state index in [1.54, 1.807) is 35.9 Å². The number of fused-ring (bicyclic) bond motifs is 1. The van der Waals surface area contributed by atoms with Gasteiger partial charge in [-0.3, -0.25) is 9.20 Å². The van der Waals surface area contributed by atoms with Gasteiger partial charge >= 0.3 is 6.36 Å². The predicted octanol–water partition coefficient (Wildman–Crippen LogP) is 5.99. The highest BCUT2D eigenvalue weighted by Gasteiger charge is 2.31. The van der Waals surface area contributed by atoms with Crippen LogP contribution in [-0.2, 0) is 0 Å². The number of halogens is 3. The third kappa shape index (κ3) is 5.17. The molecular formula is C25H19F3N2O4S. The summed E-state index contributed by atoms with van der Waals surface area (Å²) in [6, 6.07) is 10.1. The maximum Gasteiger partial charge on any atom is 0.573 e. The van der Waals surface area contributed by atoms with Crippen molar-refractivity contribution in [2.45, 2.75) is 19.2 Å². The van der Waals surface area contributed by atoms with Gasteiger partial charge in [-0.1, -0.05) is 24.3 Å². The van der Waals surface area contributed by atoms with Gasteiger partial charge in [-0.15, -0.1) is 24.5 Å². The molecule has 2 aromatic heterocycles. The monoisotopic (exact) mass is 500 g/mol. The van der Waals surface area contributed by atoms with Gasteiger partial charge in [-0.05, 0) is 54.7 Å².